The quantitative estimate of drug-likeness (QED) is 0.624. The van der Waals surface area contributed by atoms with Crippen molar-refractivity contribution in [2.75, 3.05) is 46.4 Å². The molecule has 0 amide bonds. The summed E-state index contributed by atoms with van der Waals surface area (Å²) in [5.74, 6) is 0.675. The van der Waals surface area contributed by atoms with E-state index in [9.17, 15) is 4.79 Å². The maximum Gasteiger partial charge on any atom is 0.253 e. The fourth-order valence-electron chi connectivity index (χ4n) is 4.13. The van der Waals surface area contributed by atoms with Gasteiger partial charge in [-0.1, -0.05) is 18.6 Å². The Bertz CT molecular complexity index is 1050. The lowest BCUT2D eigenvalue weighted by molar-refractivity contribution is 0.106. The second-order valence-electron chi connectivity index (χ2n) is 7.77. The summed E-state index contributed by atoms with van der Waals surface area (Å²) < 4.78 is 6.97. The zero-order chi connectivity index (χ0) is 21.1. The van der Waals surface area contributed by atoms with Gasteiger partial charge in [0, 0.05) is 44.4 Å². The molecule has 9 heteroatoms. The second-order valence-corrected chi connectivity index (χ2v) is 7.77. The van der Waals surface area contributed by atoms with Crippen LogP contribution in [-0.4, -0.2) is 81.4 Å². The lowest BCUT2D eigenvalue weighted by atomic mass is 10.0. The lowest BCUT2D eigenvalue weighted by Crippen LogP contribution is -2.49. The van der Waals surface area contributed by atoms with Gasteiger partial charge in [-0.3, -0.25) is 9.69 Å². The lowest BCUT2D eigenvalue weighted by Gasteiger charge is -2.38. The van der Waals surface area contributed by atoms with Crippen LogP contribution in [0.1, 0.15) is 29.9 Å². The Morgan fingerprint density at radius 2 is 2.00 bits per heavy atom. The van der Waals surface area contributed by atoms with E-state index in [1.807, 2.05) is 18.2 Å². The Hall–Kier alpha value is -2.62. The first kappa shape index (κ1) is 20.6. The second kappa shape index (κ2) is 9.03. The first-order valence-electron chi connectivity index (χ1n) is 10.5. The molecule has 1 N–H and O–H groups in total. The van der Waals surface area contributed by atoms with E-state index >= 15 is 0 Å². The number of fused-ring (bicyclic) bond motifs is 1. The average Bonchev–Trinajstić information content (AvgIpc) is 3.21. The Labute approximate surface area is 175 Å². The van der Waals surface area contributed by atoms with Crippen LogP contribution < -0.4 is 5.56 Å². The number of methoxy groups -OCH3 is 1. The van der Waals surface area contributed by atoms with Gasteiger partial charge in [-0.05, 0) is 47.5 Å². The predicted octanol–water partition coefficient (Wildman–Crippen LogP) is 1.20. The van der Waals surface area contributed by atoms with Gasteiger partial charge in [-0.15, -0.1) is 5.10 Å². The number of hydrogen-bond acceptors (Lipinski definition) is 7. The molecule has 0 radical (unpaired) electrons. The summed E-state index contributed by atoms with van der Waals surface area (Å²) in [5, 5.41) is 13.4. The van der Waals surface area contributed by atoms with Gasteiger partial charge in [0.05, 0.1) is 13.2 Å². The van der Waals surface area contributed by atoms with Gasteiger partial charge in [0.25, 0.3) is 5.56 Å². The molecule has 0 spiro atoms. The molecule has 1 saturated heterocycles. The van der Waals surface area contributed by atoms with Crippen molar-refractivity contribution in [1.82, 2.24) is 35.0 Å². The fraction of sp³-hybridized carbons (Fsp3) is 0.524. The number of nitrogens with zero attached hydrogens (tertiary/aromatic N) is 6. The molecule has 2 aromatic heterocycles. The Kier molecular flexibility index (Phi) is 6.21. The fourth-order valence-corrected chi connectivity index (χ4v) is 4.13. The number of H-pyrrole nitrogens is 1. The zero-order valence-electron chi connectivity index (χ0n) is 17.8. The summed E-state index contributed by atoms with van der Waals surface area (Å²) in [7, 11) is 1.65. The zero-order valence-corrected chi connectivity index (χ0v) is 17.8. The van der Waals surface area contributed by atoms with Gasteiger partial charge >= 0.3 is 0 Å². The first-order chi connectivity index (χ1) is 14.6. The highest BCUT2D eigenvalue weighted by Crippen LogP contribution is 2.28. The summed E-state index contributed by atoms with van der Waals surface area (Å²) in [4.78, 5) is 20.9. The van der Waals surface area contributed by atoms with Crippen LogP contribution in [0, 0.1) is 6.92 Å². The van der Waals surface area contributed by atoms with Crippen molar-refractivity contribution in [3.8, 4) is 0 Å². The molecule has 0 saturated carbocycles. The number of tetrazole rings is 1. The normalized spacial score (nSPS) is 16.9. The number of nitrogens with one attached hydrogen (secondary N) is 1. The maximum absolute atomic E-state index is 13.1. The van der Waals surface area contributed by atoms with E-state index in [0.717, 1.165) is 49.2 Å². The van der Waals surface area contributed by atoms with Crippen LogP contribution >= 0.6 is 0 Å². The summed E-state index contributed by atoms with van der Waals surface area (Å²) in [5.41, 5.74) is 2.56. The molecule has 160 valence electrons. The van der Waals surface area contributed by atoms with Crippen molar-refractivity contribution >= 4 is 10.9 Å². The van der Waals surface area contributed by atoms with Crippen molar-refractivity contribution in [1.29, 1.82) is 0 Å². The average molecular weight is 412 g/mol. The minimum absolute atomic E-state index is 0.101. The van der Waals surface area contributed by atoms with Crippen LogP contribution in [0.4, 0.5) is 0 Å². The SMILES string of the molecule is CCN1CCN(C(c2cc3cc(C)ccc3[nH]c2=O)c2nnnn2CCOC)CC1. The largest absolute Gasteiger partial charge is 0.383 e. The molecule has 9 nitrogen and oxygen atoms in total. The monoisotopic (exact) mass is 411 g/mol. The molecular weight excluding hydrogens is 382 g/mol. The van der Waals surface area contributed by atoms with Gasteiger partial charge in [0.2, 0.25) is 0 Å². The third-order valence-electron chi connectivity index (χ3n) is 5.85. The van der Waals surface area contributed by atoms with Gasteiger partial charge in [0.15, 0.2) is 5.82 Å². The third-order valence-corrected chi connectivity index (χ3v) is 5.85. The number of hydrogen-bond donors (Lipinski definition) is 1. The minimum Gasteiger partial charge on any atom is -0.383 e. The van der Waals surface area contributed by atoms with E-state index in [4.69, 9.17) is 4.74 Å². The van der Waals surface area contributed by atoms with Crippen molar-refractivity contribution in [3.05, 3.63) is 51.6 Å². The maximum atomic E-state index is 13.1. The smallest absolute Gasteiger partial charge is 0.253 e. The van der Waals surface area contributed by atoms with Crippen molar-refractivity contribution in [3.63, 3.8) is 0 Å². The number of likely N-dealkylation sites (N-methyl/N-ethyl adjacent to an activating group) is 1. The van der Waals surface area contributed by atoms with E-state index in [-0.39, 0.29) is 11.6 Å². The van der Waals surface area contributed by atoms with E-state index < -0.39 is 0 Å². The highest BCUT2D eigenvalue weighted by Gasteiger charge is 2.32. The molecule has 1 aliphatic rings. The van der Waals surface area contributed by atoms with Crippen molar-refractivity contribution in [2.24, 2.45) is 0 Å². The van der Waals surface area contributed by atoms with Crippen LogP contribution in [0.5, 0.6) is 0 Å². The van der Waals surface area contributed by atoms with E-state index in [1.165, 1.54) is 0 Å². The Morgan fingerprint density at radius 1 is 1.20 bits per heavy atom. The molecule has 3 heterocycles. The van der Waals surface area contributed by atoms with Gasteiger partial charge in [-0.2, -0.15) is 0 Å². The molecule has 0 aliphatic carbocycles. The molecule has 1 atom stereocenters. The number of aromatic nitrogens is 5. The summed E-state index contributed by atoms with van der Waals surface area (Å²) in [6.07, 6.45) is 0. The molecule has 4 rings (SSSR count). The number of benzene rings is 1. The molecule has 3 aromatic rings. The number of rotatable bonds is 7. The highest BCUT2D eigenvalue weighted by atomic mass is 16.5. The van der Waals surface area contributed by atoms with Crippen LogP contribution in [-0.2, 0) is 11.3 Å². The Morgan fingerprint density at radius 3 is 2.73 bits per heavy atom. The molecule has 1 aromatic carbocycles. The minimum atomic E-state index is -0.315. The van der Waals surface area contributed by atoms with Crippen LogP contribution in [0.15, 0.2) is 29.1 Å². The molecule has 1 fully saturated rings. The van der Waals surface area contributed by atoms with Gasteiger partial charge in [-0.25, -0.2) is 4.68 Å². The Balaban J connectivity index is 1.80. The molecule has 30 heavy (non-hydrogen) atoms. The molecule has 1 unspecified atom stereocenters. The molecular formula is C21H29N7O2. The number of pyridine rings is 1. The van der Waals surface area contributed by atoms with Gasteiger partial charge in [0.1, 0.15) is 6.04 Å². The first-order valence-corrected chi connectivity index (χ1v) is 10.5. The van der Waals surface area contributed by atoms with E-state index in [2.05, 4.69) is 50.2 Å². The number of ether oxygens (including phenoxy) is 1. The van der Waals surface area contributed by atoms with E-state index in [1.54, 1.807) is 11.8 Å². The predicted molar refractivity (Wildman–Crippen MR) is 115 cm³/mol. The molecule has 0 bridgehead atoms. The standard InChI is InChI=1S/C21H29N7O2/c1-4-26-7-9-27(10-8-26)19(20-23-24-25-28(20)11-12-30-3)17-14-16-13-15(2)5-6-18(16)22-21(17)29/h5-6,13-14,19H,4,7-12H2,1-3H3,(H,22,29). The number of aryl methyl sites for hydroxylation is 1. The summed E-state index contributed by atoms with van der Waals surface area (Å²) >= 11 is 0. The van der Waals surface area contributed by atoms with Crippen LogP contribution in [0.3, 0.4) is 0 Å². The molecule has 1 aliphatic heterocycles. The van der Waals surface area contributed by atoms with Crippen LogP contribution in [0.25, 0.3) is 10.9 Å². The number of piperazine rings is 1. The summed E-state index contributed by atoms with van der Waals surface area (Å²) in [6.45, 7) is 9.90. The van der Waals surface area contributed by atoms with E-state index in [0.29, 0.717) is 24.5 Å². The van der Waals surface area contributed by atoms with Gasteiger partial charge < -0.3 is 14.6 Å². The summed E-state index contributed by atoms with van der Waals surface area (Å²) in [6, 6.07) is 7.73. The van der Waals surface area contributed by atoms with Crippen LogP contribution in [0.2, 0.25) is 0 Å². The van der Waals surface area contributed by atoms with Crippen molar-refractivity contribution in [2.45, 2.75) is 26.4 Å². The third kappa shape index (κ3) is 4.14. The topological polar surface area (TPSA) is 92.2 Å². The highest BCUT2D eigenvalue weighted by molar-refractivity contribution is 5.79. The van der Waals surface area contributed by atoms with Crippen molar-refractivity contribution < 1.29 is 4.74 Å². The number of aromatic amines is 1.